The van der Waals surface area contributed by atoms with Gasteiger partial charge in [-0.2, -0.15) is 0 Å². The summed E-state index contributed by atoms with van der Waals surface area (Å²) in [4.78, 5) is 29.2. The Morgan fingerprint density at radius 3 is 2.41 bits per heavy atom. The lowest BCUT2D eigenvalue weighted by molar-refractivity contribution is -0.0586. The maximum absolute atomic E-state index is 12.7. The number of hydrogen-bond acceptors (Lipinski definition) is 4. The maximum atomic E-state index is 12.7. The number of unbranched alkanes of at least 4 members (excludes halogenated alkanes) is 1. The second-order valence-electron chi connectivity index (χ2n) is 9.36. The van der Waals surface area contributed by atoms with Gasteiger partial charge in [0.2, 0.25) is 0 Å². The van der Waals surface area contributed by atoms with Crippen LogP contribution in [0.15, 0.2) is 24.3 Å². The van der Waals surface area contributed by atoms with Gasteiger partial charge in [0.1, 0.15) is 0 Å². The van der Waals surface area contributed by atoms with E-state index >= 15 is 0 Å². The summed E-state index contributed by atoms with van der Waals surface area (Å²) in [6, 6.07) is 8.03. The van der Waals surface area contributed by atoms with Crippen molar-refractivity contribution in [1.29, 1.82) is 0 Å². The molecule has 178 valence electrons. The smallest absolute Gasteiger partial charge is 0.315 e. The molecule has 0 aromatic heterocycles. The average molecular weight is 445 g/mol. The third-order valence-electron chi connectivity index (χ3n) is 6.46. The van der Waals surface area contributed by atoms with E-state index in [0.717, 1.165) is 24.9 Å². The summed E-state index contributed by atoms with van der Waals surface area (Å²) < 4.78 is 5.71. The van der Waals surface area contributed by atoms with E-state index in [1.807, 2.05) is 43.0 Å². The predicted molar refractivity (Wildman–Crippen MR) is 127 cm³/mol. The minimum Gasteiger partial charge on any atom is -0.372 e. The van der Waals surface area contributed by atoms with E-state index in [4.69, 9.17) is 4.74 Å². The van der Waals surface area contributed by atoms with Crippen LogP contribution in [-0.4, -0.2) is 72.7 Å². The number of amides is 3. The molecule has 3 amide bonds. The molecule has 3 rings (SSSR count). The molecule has 1 aromatic rings. The van der Waals surface area contributed by atoms with Crippen molar-refractivity contribution in [3.63, 3.8) is 0 Å². The Bertz CT molecular complexity index is 729. The first-order valence-electron chi connectivity index (χ1n) is 12.2. The number of urea groups is 1. The second-order valence-corrected chi connectivity index (χ2v) is 9.36. The first-order valence-corrected chi connectivity index (χ1v) is 12.2. The van der Waals surface area contributed by atoms with Crippen LogP contribution in [0.2, 0.25) is 0 Å². The van der Waals surface area contributed by atoms with Gasteiger partial charge in [-0.05, 0) is 77.2 Å². The first kappa shape index (κ1) is 24.5. The van der Waals surface area contributed by atoms with Gasteiger partial charge in [-0.25, -0.2) is 4.79 Å². The fourth-order valence-corrected chi connectivity index (χ4v) is 4.67. The van der Waals surface area contributed by atoms with E-state index < -0.39 is 0 Å². The van der Waals surface area contributed by atoms with Crippen molar-refractivity contribution >= 4 is 11.9 Å². The third kappa shape index (κ3) is 7.48. The average Bonchev–Trinajstić information content (AvgIpc) is 2.78. The largest absolute Gasteiger partial charge is 0.372 e. The molecular formula is C25H40N4O3. The summed E-state index contributed by atoms with van der Waals surface area (Å²) in [6.45, 7) is 11.0. The van der Waals surface area contributed by atoms with Crippen molar-refractivity contribution < 1.29 is 14.3 Å². The second kappa shape index (κ2) is 12.2. The molecule has 2 aliphatic rings. The number of benzene rings is 1. The summed E-state index contributed by atoms with van der Waals surface area (Å²) in [5.74, 6) is 0.0307. The van der Waals surface area contributed by atoms with Crippen LogP contribution in [-0.2, 0) is 11.3 Å². The summed E-state index contributed by atoms with van der Waals surface area (Å²) in [6.07, 6.45) is 6.18. The van der Waals surface area contributed by atoms with Crippen LogP contribution in [0.5, 0.6) is 0 Å². The molecule has 0 saturated carbocycles. The number of nitrogens with one attached hydrogen (secondary N) is 2. The van der Waals surface area contributed by atoms with Crippen molar-refractivity contribution in [2.45, 2.75) is 77.7 Å². The highest BCUT2D eigenvalue weighted by Gasteiger charge is 2.26. The van der Waals surface area contributed by atoms with Gasteiger partial charge < -0.3 is 25.2 Å². The van der Waals surface area contributed by atoms with Crippen LogP contribution in [0.3, 0.4) is 0 Å². The Morgan fingerprint density at radius 1 is 1.00 bits per heavy atom. The third-order valence-corrected chi connectivity index (χ3v) is 6.46. The summed E-state index contributed by atoms with van der Waals surface area (Å²) in [5.41, 5.74) is 1.64. The normalized spacial score (nSPS) is 24.2. The van der Waals surface area contributed by atoms with Crippen LogP contribution >= 0.6 is 0 Å². The van der Waals surface area contributed by atoms with Crippen LogP contribution < -0.4 is 10.6 Å². The highest BCUT2D eigenvalue weighted by molar-refractivity contribution is 5.94. The molecule has 2 N–H and O–H groups in total. The first-order chi connectivity index (χ1) is 15.4. The lowest BCUT2D eigenvalue weighted by Crippen LogP contribution is -2.48. The molecule has 0 aliphatic carbocycles. The van der Waals surface area contributed by atoms with Gasteiger partial charge >= 0.3 is 6.03 Å². The molecule has 2 fully saturated rings. The molecule has 1 aromatic carbocycles. The van der Waals surface area contributed by atoms with Crippen LogP contribution in [0.25, 0.3) is 0 Å². The maximum Gasteiger partial charge on any atom is 0.315 e. The molecule has 2 saturated heterocycles. The topological polar surface area (TPSA) is 73.9 Å². The molecule has 2 heterocycles. The molecule has 0 unspecified atom stereocenters. The van der Waals surface area contributed by atoms with E-state index in [2.05, 4.69) is 22.5 Å². The number of nitrogens with zero attached hydrogens (tertiary/aromatic N) is 2. The van der Waals surface area contributed by atoms with E-state index in [1.54, 1.807) is 0 Å². The fourth-order valence-electron chi connectivity index (χ4n) is 4.67. The molecule has 0 spiro atoms. The Morgan fingerprint density at radius 2 is 1.72 bits per heavy atom. The highest BCUT2D eigenvalue weighted by atomic mass is 16.5. The summed E-state index contributed by atoms with van der Waals surface area (Å²) >= 11 is 0. The van der Waals surface area contributed by atoms with Gasteiger partial charge in [-0.3, -0.25) is 4.79 Å². The number of ether oxygens (including phenoxy) is 1. The van der Waals surface area contributed by atoms with Crippen LogP contribution in [0.4, 0.5) is 4.79 Å². The van der Waals surface area contributed by atoms with Crippen LogP contribution in [0.1, 0.15) is 68.8 Å². The van der Waals surface area contributed by atoms with Crippen molar-refractivity contribution in [2.24, 2.45) is 0 Å². The summed E-state index contributed by atoms with van der Waals surface area (Å²) in [7, 11) is 0. The molecule has 7 nitrogen and oxygen atoms in total. The lowest BCUT2D eigenvalue weighted by atomic mass is 10.0. The summed E-state index contributed by atoms with van der Waals surface area (Å²) in [5, 5.41) is 5.84. The molecule has 32 heavy (non-hydrogen) atoms. The minimum atomic E-state index is -0.146. The SMILES string of the molecule is C[C@@H]1CN(C(=O)c2ccc(CNC(=O)NCCCCN3CCCC[C@@H]3C)cc2)C[C@@H](C)O1. The van der Waals surface area contributed by atoms with E-state index in [1.165, 1.54) is 25.8 Å². The van der Waals surface area contributed by atoms with Gasteiger partial charge in [0.15, 0.2) is 0 Å². The number of piperidine rings is 1. The minimum absolute atomic E-state index is 0.0307. The molecule has 3 atom stereocenters. The van der Waals surface area contributed by atoms with Gasteiger partial charge in [-0.15, -0.1) is 0 Å². The van der Waals surface area contributed by atoms with Crippen molar-refractivity contribution in [2.75, 3.05) is 32.7 Å². The fraction of sp³-hybridized carbons (Fsp3) is 0.680. The Hall–Kier alpha value is -2.12. The van der Waals surface area contributed by atoms with Crippen molar-refractivity contribution in [3.8, 4) is 0 Å². The molecule has 2 aliphatic heterocycles. The van der Waals surface area contributed by atoms with Gasteiger partial charge in [0.25, 0.3) is 5.91 Å². The predicted octanol–water partition coefficient (Wildman–Crippen LogP) is 3.39. The highest BCUT2D eigenvalue weighted by Crippen LogP contribution is 2.17. The standard InChI is InChI=1S/C25H40N4O3/c1-19-8-4-6-14-28(19)15-7-5-13-26-25(31)27-16-22-9-11-23(12-10-22)24(30)29-17-20(2)32-21(3)18-29/h9-12,19-21H,4-8,13-18H2,1-3H3,(H2,26,27,31)/t19-,20+,21+/m0/s1. The molecule has 0 bridgehead atoms. The quantitative estimate of drug-likeness (QED) is 0.603. The van der Waals surface area contributed by atoms with Gasteiger partial charge in [0.05, 0.1) is 12.2 Å². The lowest BCUT2D eigenvalue weighted by Gasteiger charge is -2.35. The molecular weight excluding hydrogens is 404 g/mol. The van der Waals surface area contributed by atoms with Crippen molar-refractivity contribution in [3.05, 3.63) is 35.4 Å². The number of morpholine rings is 1. The monoisotopic (exact) mass is 444 g/mol. The van der Waals surface area contributed by atoms with E-state index in [-0.39, 0.29) is 24.1 Å². The Labute approximate surface area is 192 Å². The zero-order valence-electron chi connectivity index (χ0n) is 19.9. The van der Waals surface area contributed by atoms with Crippen LogP contribution in [0, 0.1) is 0 Å². The zero-order valence-corrected chi connectivity index (χ0v) is 19.9. The number of carbonyl (C=O) groups excluding carboxylic acids is 2. The van der Waals surface area contributed by atoms with Crippen molar-refractivity contribution in [1.82, 2.24) is 20.4 Å². The number of likely N-dealkylation sites (tertiary alicyclic amines) is 1. The van der Waals surface area contributed by atoms with Gasteiger partial charge in [-0.1, -0.05) is 18.6 Å². The van der Waals surface area contributed by atoms with E-state index in [9.17, 15) is 9.59 Å². The van der Waals surface area contributed by atoms with E-state index in [0.29, 0.717) is 37.8 Å². The Balaban J connectivity index is 1.32. The molecule has 7 heteroatoms. The number of hydrogen-bond donors (Lipinski definition) is 2. The number of rotatable bonds is 8. The zero-order chi connectivity index (χ0) is 22.9. The Kier molecular flexibility index (Phi) is 9.36. The van der Waals surface area contributed by atoms with Gasteiger partial charge in [0, 0.05) is 37.8 Å². The molecule has 0 radical (unpaired) electrons. The number of carbonyl (C=O) groups is 2.